The van der Waals surface area contributed by atoms with Crippen LogP contribution in [-0.2, 0) is 27.3 Å². The van der Waals surface area contributed by atoms with Crippen LogP contribution in [0.2, 0.25) is 0 Å². The molecule has 24 heavy (non-hydrogen) atoms. The van der Waals surface area contributed by atoms with Crippen LogP contribution in [0.5, 0.6) is 0 Å². The number of thiophene rings is 1. The van der Waals surface area contributed by atoms with E-state index in [1.54, 1.807) is 11.3 Å². The van der Waals surface area contributed by atoms with E-state index in [1.807, 2.05) is 25.7 Å². The second-order valence-electron chi connectivity index (χ2n) is 6.46. The lowest BCUT2D eigenvalue weighted by atomic mass is 10.1. The van der Waals surface area contributed by atoms with Gasteiger partial charge in [0.1, 0.15) is 6.04 Å². The van der Waals surface area contributed by atoms with E-state index in [0.29, 0.717) is 26.0 Å². The number of carbonyl (C=O) groups excluding carboxylic acids is 2. The van der Waals surface area contributed by atoms with Gasteiger partial charge in [-0.2, -0.15) is 0 Å². The van der Waals surface area contributed by atoms with Gasteiger partial charge < -0.3 is 15.0 Å². The Morgan fingerprint density at radius 2 is 2.21 bits per heavy atom. The highest BCUT2D eigenvalue weighted by Crippen LogP contribution is 2.24. The van der Waals surface area contributed by atoms with E-state index in [-0.39, 0.29) is 17.9 Å². The molecule has 0 radical (unpaired) electrons. The summed E-state index contributed by atoms with van der Waals surface area (Å²) < 4.78 is 5.41. The Morgan fingerprint density at radius 3 is 2.92 bits per heavy atom. The summed E-state index contributed by atoms with van der Waals surface area (Å²) in [5, 5.41) is 4.98. The predicted octanol–water partition coefficient (Wildman–Crippen LogP) is 2.73. The molecule has 2 amide bonds. The molecule has 2 rings (SSSR count). The Morgan fingerprint density at radius 1 is 1.42 bits per heavy atom. The van der Waals surface area contributed by atoms with Crippen LogP contribution < -0.4 is 5.32 Å². The quantitative estimate of drug-likeness (QED) is 0.783. The first kappa shape index (κ1) is 18.9. The summed E-state index contributed by atoms with van der Waals surface area (Å²) in [4.78, 5) is 28.2. The number of carbonyl (C=O) groups is 2. The second kappa shape index (κ2) is 9.18. The van der Waals surface area contributed by atoms with Crippen molar-refractivity contribution in [3.63, 3.8) is 0 Å². The van der Waals surface area contributed by atoms with Crippen LogP contribution in [0.1, 0.15) is 50.5 Å². The largest absolute Gasteiger partial charge is 0.378 e. The molecule has 0 fully saturated rings. The summed E-state index contributed by atoms with van der Waals surface area (Å²) in [7, 11) is 0. The third-order valence-corrected chi connectivity index (χ3v) is 5.13. The topological polar surface area (TPSA) is 58.6 Å². The lowest BCUT2D eigenvalue weighted by Crippen LogP contribution is -2.49. The third kappa shape index (κ3) is 5.31. The highest BCUT2D eigenvalue weighted by Gasteiger charge is 2.28. The lowest BCUT2D eigenvalue weighted by Gasteiger charge is -2.31. The molecule has 0 unspecified atom stereocenters. The van der Waals surface area contributed by atoms with Crippen molar-refractivity contribution in [1.29, 1.82) is 0 Å². The average Bonchev–Trinajstić information content (AvgIpc) is 3.01. The second-order valence-corrected chi connectivity index (χ2v) is 7.46. The Hall–Kier alpha value is -1.40. The number of fused-ring (bicyclic) bond motifs is 1. The number of nitrogens with one attached hydrogen (secondary N) is 1. The number of ether oxygens (including phenoxy) is 1. The fourth-order valence-corrected chi connectivity index (χ4v) is 3.75. The van der Waals surface area contributed by atoms with Crippen LogP contribution in [0.25, 0.3) is 0 Å². The van der Waals surface area contributed by atoms with E-state index < -0.39 is 6.04 Å². The van der Waals surface area contributed by atoms with Crippen LogP contribution in [0.15, 0.2) is 11.4 Å². The van der Waals surface area contributed by atoms with Gasteiger partial charge in [0.05, 0.1) is 12.7 Å². The molecular formula is C18H28N2O3S. The van der Waals surface area contributed by atoms with E-state index in [1.165, 1.54) is 10.4 Å². The minimum atomic E-state index is -0.429. The zero-order valence-corrected chi connectivity index (χ0v) is 15.7. The van der Waals surface area contributed by atoms with Crippen molar-refractivity contribution in [2.24, 2.45) is 0 Å². The molecular weight excluding hydrogens is 324 g/mol. The molecule has 134 valence electrons. The number of nitrogens with zero attached hydrogens (tertiary/aromatic N) is 1. The third-order valence-electron chi connectivity index (χ3n) is 4.11. The van der Waals surface area contributed by atoms with Crippen LogP contribution in [0.3, 0.4) is 0 Å². The standard InChI is InChI=1S/C18H28N2O3S/c1-4-5-15(19-17(21)7-10-23-13(2)3)18(22)20-9-6-16-14(12-20)8-11-24-16/h8,11,13,15H,4-7,9-10,12H2,1-3H3,(H,19,21)/t15-/m1/s1. The van der Waals surface area contributed by atoms with Gasteiger partial charge in [0, 0.05) is 24.4 Å². The first-order chi connectivity index (χ1) is 11.5. The van der Waals surface area contributed by atoms with Gasteiger partial charge >= 0.3 is 0 Å². The molecule has 1 aromatic rings. The SMILES string of the molecule is CCC[C@@H](NC(=O)CCOC(C)C)C(=O)N1CCc2sccc2C1. The summed E-state index contributed by atoms with van der Waals surface area (Å²) in [5.41, 5.74) is 1.24. The van der Waals surface area contributed by atoms with Crippen molar-refractivity contribution < 1.29 is 14.3 Å². The van der Waals surface area contributed by atoms with Crippen molar-refractivity contribution in [1.82, 2.24) is 10.2 Å². The Kier molecular flexibility index (Phi) is 7.24. The monoisotopic (exact) mass is 352 g/mol. The molecule has 1 aromatic heterocycles. The van der Waals surface area contributed by atoms with Gasteiger partial charge in [-0.25, -0.2) is 0 Å². The lowest BCUT2D eigenvalue weighted by molar-refractivity contribution is -0.137. The molecule has 1 aliphatic heterocycles. The number of amides is 2. The molecule has 0 saturated carbocycles. The number of rotatable bonds is 8. The van der Waals surface area contributed by atoms with Gasteiger partial charge in [-0.1, -0.05) is 13.3 Å². The van der Waals surface area contributed by atoms with Gasteiger partial charge in [-0.3, -0.25) is 9.59 Å². The van der Waals surface area contributed by atoms with Gasteiger partial charge in [-0.15, -0.1) is 11.3 Å². The van der Waals surface area contributed by atoms with E-state index in [4.69, 9.17) is 4.74 Å². The molecule has 0 saturated heterocycles. The van der Waals surface area contributed by atoms with Gasteiger partial charge in [-0.05, 0) is 43.7 Å². The van der Waals surface area contributed by atoms with Crippen molar-refractivity contribution in [2.75, 3.05) is 13.2 Å². The van der Waals surface area contributed by atoms with Gasteiger partial charge in [0.25, 0.3) is 0 Å². The van der Waals surface area contributed by atoms with Crippen LogP contribution in [0.4, 0.5) is 0 Å². The smallest absolute Gasteiger partial charge is 0.245 e. The summed E-state index contributed by atoms with van der Waals surface area (Å²) in [6.07, 6.45) is 2.84. The summed E-state index contributed by atoms with van der Waals surface area (Å²) in [6.45, 7) is 7.69. The van der Waals surface area contributed by atoms with Crippen molar-refractivity contribution in [3.8, 4) is 0 Å². The van der Waals surface area contributed by atoms with Crippen molar-refractivity contribution >= 4 is 23.2 Å². The molecule has 1 aliphatic rings. The highest BCUT2D eigenvalue weighted by atomic mass is 32.1. The highest BCUT2D eigenvalue weighted by molar-refractivity contribution is 7.10. The van der Waals surface area contributed by atoms with Crippen LogP contribution in [-0.4, -0.2) is 42.0 Å². The zero-order chi connectivity index (χ0) is 17.5. The van der Waals surface area contributed by atoms with Crippen molar-refractivity contribution in [3.05, 3.63) is 21.9 Å². The molecule has 6 heteroatoms. The van der Waals surface area contributed by atoms with E-state index in [2.05, 4.69) is 16.8 Å². The molecule has 1 N–H and O–H groups in total. The first-order valence-electron chi connectivity index (χ1n) is 8.76. The maximum absolute atomic E-state index is 12.8. The normalized spacial score (nSPS) is 15.2. The van der Waals surface area contributed by atoms with Crippen molar-refractivity contribution in [2.45, 2.75) is 65.1 Å². The summed E-state index contributed by atoms with van der Waals surface area (Å²) in [5.74, 6) is -0.0810. The molecule has 0 aliphatic carbocycles. The Labute approximate surface area is 148 Å². The summed E-state index contributed by atoms with van der Waals surface area (Å²) in [6, 6.07) is 1.66. The molecule has 0 bridgehead atoms. The molecule has 0 aromatic carbocycles. The van der Waals surface area contributed by atoms with Gasteiger partial charge in [0.2, 0.25) is 11.8 Å². The van der Waals surface area contributed by atoms with Crippen LogP contribution >= 0.6 is 11.3 Å². The fraction of sp³-hybridized carbons (Fsp3) is 0.667. The molecule has 2 heterocycles. The molecule has 1 atom stereocenters. The minimum Gasteiger partial charge on any atom is -0.378 e. The van der Waals surface area contributed by atoms with E-state index in [0.717, 1.165) is 19.4 Å². The molecule has 0 spiro atoms. The average molecular weight is 353 g/mol. The Balaban J connectivity index is 1.89. The maximum atomic E-state index is 12.8. The predicted molar refractivity (Wildman–Crippen MR) is 96.0 cm³/mol. The summed E-state index contributed by atoms with van der Waals surface area (Å²) >= 11 is 1.76. The van der Waals surface area contributed by atoms with Gasteiger partial charge in [0.15, 0.2) is 0 Å². The number of hydrogen-bond acceptors (Lipinski definition) is 4. The van der Waals surface area contributed by atoms with Crippen LogP contribution in [0, 0.1) is 0 Å². The Bertz CT molecular complexity index is 556. The molecule has 5 nitrogen and oxygen atoms in total. The van der Waals surface area contributed by atoms with E-state index in [9.17, 15) is 9.59 Å². The zero-order valence-electron chi connectivity index (χ0n) is 14.8. The van der Waals surface area contributed by atoms with E-state index >= 15 is 0 Å². The fourth-order valence-electron chi connectivity index (χ4n) is 2.86. The first-order valence-corrected chi connectivity index (χ1v) is 9.64. The minimum absolute atomic E-state index is 0.0341. The maximum Gasteiger partial charge on any atom is 0.245 e. The number of hydrogen-bond donors (Lipinski definition) is 1.